The largest absolute Gasteiger partial charge is 0.433 e. The number of rotatable bonds is 5. The number of nitrogens with one attached hydrogen (secondary N) is 1. The summed E-state index contributed by atoms with van der Waals surface area (Å²) in [6.07, 6.45) is -1.28. The summed E-state index contributed by atoms with van der Waals surface area (Å²) in [4.78, 5) is 24.0. The fraction of sp³-hybridized carbons (Fsp3) is 0.263. The quantitative estimate of drug-likeness (QED) is 0.414. The number of imidazole rings is 1. The molecule has 4 rings (SSSR count). The summed E-state index contributed by atoms with van der Waals surface area (Å²) in [7, 11) is -2.44. The zero-order chi connectivity index (χ0) is 24.8. The van der Waals surface area contributed by atoms with E-state index in [-0.39, 0.29) is 51.0 Å². The van der Waals surface area contributed by atoms with E-state index in [1.165, 1.54) is 30.9 Å². The summed E-state index contributed by atoms with van der Waals surface area (Å²) in [5, 5.41) is 14.7. The van der Waals surface area contributed by atoms with Crippen LogP contribution >= 0.6 is 0 Å². The molecule has 0 radical (unpaired) electrons. The normalized spacial score (nSPS) is 12.2. The van der Waals surface area contributed by atoms with Crippen molar-refractivity contribution in [2.75, 3.05) is 12.3 Å². The molecule has 0 aliphatic carbocycles. The molecule has 0 bridgehead atoms. The highest BCUT2D eigenvalue weighted by atomic mass is 32.2. The molecule has 4 heterocycles. The highest BCUT2D eigenvalue weighted by molar-refractivity contribution is 7.91. The Bertz CT molecular complexity index is 1600. The number of halogens is 3. The van der Waals surface area contributed by atoms with Gasteiger partial charge in [0, 0.05) is 19.4 Å². The highest BCUT2D eigenvalue weighted by Crippen LogP contribution is 2.34. The third-order valence-corrected chi connectivity index (χ3v) is 6.62. The molecule has 0 aliphatic heterocycles. The fourth-order valence-electron chi connectivity index (χ4n) is 3.27. The van der Waals surface area contributed by atoms with E-state index in [2.05, 4.69) is 25.4 Å². The zero-order valence-corrected chi connectivity index (χ0v) is 18.4. The molecule has 176 valence electrons. The minimum atomic E-state index is -4.68. The number of hydrogen-bond acceptors (Lipinski definition) is 8. The van der Waals surface area contributed by atoms with Gasteiger partial charge in [-0.3, -0.25) is 4.79 Å². The molecular weight excluding hydrogens is 477 g/mol. The van der Waals surface area contributed by atoms with Gasteiger partial charge in [0.25, 0.3) is 5.91 Å². The van der Waals surface area contributed by atoms with Crippen LogP contribution in [0, 0.1) is 11.3 Å². The molecule has 4 aromatic heterocycles. The van der Waals surface area contributed by atoms with Gasteiger partial charge < -0.3 is 9.88 Å². The molecule has 1 N–H and O–H groups in total. The van der Waals surface area contributed by atoms with Gasteiger partial charge in [0.2, 0.25) is 0 Å². The Hall–Kier alpha value is -4.06. The topological polar surface area (TPSA) is 148 Å². The van der Waals surface area contributed by atoms with Gasteiger partial charge in [-0.2, -0.15) is 23.5 Å². The van der Waals surface area contributed by atoms with Crippen LogP contribution in [-0.4, -0.2) is 55.8 Å². The van der Waals surface area contributed by atoms with Crippen LogP contribution in [0.4, 0.5) is 13.2 Å². The maximum Gasteiger partial charge on any atom is 0.433 e. The summed E-state index contributed by atoms with van der Waals surface area (Å²) >= 11 is 0. The van der Waals surface area contributed by atoms with Crippen LogP contribution in [0.25, 0.3) is 28.1 Å². The molecule has 0 aromatic carbocycles. The Morgan fingerprint density at radius 1 is 1.26 bits per heavy atom. The van der Waals surface area contributed by atoms with Gasteiger partial charge in [0.05, 0.1) is 34.6 Å². The summed E-state index contributed by atoms with van der Waals surface area (Å²) in [5.74, 6) is -0.933. The Balaban J connectivity index is 1.98. The van der Waals surface area contributed by atoms with Crippen molar-refractivity contribution in [3.05, 3.63) is 35.9 Å². The predicted molar refractivity (Wildman–Crippen MR) is 111 cm³/mol. The number of fused-ring (bicyclic) bond motifs is 2. The number of nitrogens with zero attached hydrogens (tertiary/aromatic N) is 7. The van der Waals surface area contributed by atoms with Gasteiger partial charge in [0.15, 0.2) is 20.5 Å². The van der Waals surface area contributed by atoms with E-state index in [1.54, 1.807) is 6.07 Å². The molecule has 4 aromatic rings. The van der Waals surface area contributed by atoms with E-state index in [9.17, 15) is 26.4 Å². The van der Waals surface area contributed by atoms with Crippen molar-refractivity contribution in [3.8, 4) is 17.5 Å². The zero-order valence-electron chi connectivity index (χ0n) is 17.6. The number of carbonyl (C=O) groups excluding carboxylic acids is 1. The lowest BCUT2D eigenvalue weighted by Gasteiger charge is -2.05. The minimum absolute atomic E-state index is 0.00679. The highest BCUT2D eigenvalue weighted by Gasteiger charge is 2.34. The number of aromatic nitrogens is 6. The Labute approximate surface area is 189 Å². The van der Waals surface area contributed by atoms with Gasteiger partial charge >= 0.3 is 6.18 Å². The first-order valence-electron chi connectivity index (χ1n) is 9.64. The number of amides is 1. The van der Waals surface area contributed by atoms with Gasteiger partial charge in [-0.15, -0.1) is 0 Å². The summed E-state index contributed by atoms with van der Waals surface area (Å²) < 4.78 is 67.4. The smallest absolute Gasteiger partial charge is 0.339 e. The first kappa shape index (κ1) is 23.1. The number of nitriles is 1. The number of alkyl halides is 3. The SMILES string of the molecule is CCS(=O)(=O)c1nn2cc(C(=O)NCC#N)cnc2c1-c1nc2cc(C(F)(F)F)ncc2n1C. The summed E-state index contributed by atoms with van der Waals surface area (Å²) in [5.41, 5.74) is -0.955. The summed E-state index contributed by atoms with van der Waals surface area (Å²) in [6, 6.07) is 2.53. The van der Waals surface area contributed by atoms with Crippen LogP contribution in [0.3, 0.4) is 0 Å². The second-order valence-electron chi connectivity index (χ2n) is 7.09. The number of carbonyl (C=O) groups is 1. The van der Waals surface area contributed by atoms with Crippen molar-refractivity contribution >= 4 is 32.4 Å². The Morgan fingerprint density at radius 2 is 2.00 bits per heavy atom. The van der Waals surface area contributed by atoms with Crippen LogP contribution in [0.15, 0.2) is 29.7 Å². The van der Waals surface area contributed by atoms with E-state index in [0.29, 0.717) is 0 Å². The summed E-state index contributed by atoms with van der Waals surface area (Å²) in [6.45, 7) is 1.16. The van der Waals surface area contributed by atoms with Crippen LogP contribution in [0.5, 0.6) is 0 Å². The molecule has 0 aliphatic rings. The third-order valence-electron chi connectivity index (χ3n) is 4.99. The van der Waals surface area contributed by atoms with Gasteiger partial charge in [-0.05, 0) is 6.07 Å². The third kappa shape index (κ3) is 3.81. The van der Waals surface area contributed by atoms with Crippen molar-refractivity contribution in [3.63, 3.8) is 0 Å². The average molecular weight is 492 g/mol. The van der Waals surface area contributed by atoms with E-state index in [0.717, 1.165) is 16.8 Å². The van der Waals surface area contributed by atoms with Gasteiger partial charge in [-0.25, -0.2) is 27.9 Å². The number of sulfone groups is 1. The van der Waals surface area contributed by atoms with Crippen molar-refractivity contribution < 1.29 is 26.4 Å². The molecular formula is C19H15F3N8O3S. The minimum Gasteiger partial charge on any atom is -0.339 e. The molecule has 0 saturated heterocycles. The number of hydrogen-bond donors (Lipinski definition) is 1. The maximum atomic E-state index is 13.1. The monoisotopic (exact) mass is 492 g/mol. The lowest BCUT2D eigenvalue weighted by atomic mass is 10.3. The molecule has 0 fully saturated rings. The van der Waals surface area contributed by atoms with E-state index in [1.807, 2.05) is 0 Å². The molecule has 34 heavy (non-hydrogen) atoms. The van der Waals surface area contributed by atoms with Crippen molar-refractivity contribution in [2.45, 2.75) is 18.1 Å². The molecule has 0 saturated carbocycles. The standard InChI is InChI=1S/C19H15F3N8O3S/c1-3-34(32,33)18-14(15-26-7-10(9-30(15)28-18)17(31)24-5-4-23)16-27-11-6-13(19(20,21)22)25-8-12(11)29(16)2/h6-9H,3,5H2,1-2H3,(H,24,31). The maximum absolute atomic E-state index is 13.1. The Morgan fingerprint density at radius 3 is 2.65 bits per heavy atom. The van der Waals surface area contributed by atoms with Crippen molar-refractivity contribution in [1.82, 2.24) is 34.4 Å². The fourth-order valence-corrected chi connectivity index (χ4v) is 4.25. The van der Waals surface area contributed by atoms with Crippen LogP contribution < -0.4 is 5.32 Å². The average Bonchev–Trinajstić information content (AvgIpc) is 3.34. The molecule has 0 spiro atoms. The first-order chi connectivity index (χ1) is 16.0. The molecule has 15 heteroatoms. The number of pyridine rings is 1. The lowest BCUT2D eigenvalue weighted by molar-refractivity contribution is -0.141. The van der Waals surface area contributed by atoms with E-state index < -0.39 is 27.6 Å². The second-order valence-corrected chi connectivity index (χ2v) is 9.28. The second kappa shape index (κ2) is 8.06. The van der Waals surface area contributed by atoms with E-state index >= 15 is 0 Å². The lowest BCUT2D eigenvalue weighted by Crippen LogP contribution is -2.24. The number of aryl methyl sites for hydroxylation is 1. The van der Waals surface area contributed by atoms with Crippen LogP contribution in [0.1, 0.15) is 23.0 Å². The van der Waals surface area contributed by atoms with E-state index in [4.69, 9.17) is 5.26 Å². The first-order valence-corrected chi connectivity index (χ1v) is 11.3. The predicted octanol–water partition coefficient (Wildman–Crippen LogP) is 1.74. The van der Waals surface area contributed by atoms with Crippen LogP contribution in [-0.2, 0) is 23.1 Å². The molecule has 0 unspecified atom stereocenters. The molecule has 0 atom stereocenters. The van der Waals surface area contributed by atoms with Gasteiger partial charge in [0.1, 0.15) is 23.6 Å². The Kier molecular flexibility index (Phi) is 5.48. The van der Waals surface area contributed by atoms with Gasteiger partial charge in [-0.1, -0.05) is 6.92 Å². The molecule has 1 amide bonds. The van der Waals surface area contributed by atoms with Crippen molar-refractivity contribution in [2.24, 2.45) is 7.05 Å². The van der Waals surface area contributed by atoms with Crippen molar-refractivity contribution in [1.29, 1.82) is 5.26 Å². The van der Waals surface area contributed by atoms with Crippen LogP contribution in [0.2, 0.25) is 0 Å². The molecule has 11 nitrogen and oxygen atoms in total.